The molecule has 0 fully saturated rings. The average molecular weight is 261 g/mol. The molecule has 0 aromatic carbocycles. The van der Waals surface area contributed by atoms with Gasteiger partial charge in [0.1, 0.15) is 11.5 Å². The Morgan fingerprint density at radius 1 is 1.61 bits per heavy atom. The third-order valence-electron chi connectivity index (χ3n) is 2.62. The normalized spacial score (nSPS) is 10.9. The number of carbonyl (C=O) groups excluding carboxylic acids is 1. The van der Waals surface area contributed by atoms with Gasteiger partial charge in [-0.25, -0.2) is 4.98 Å². The number of aryl methyl sites for hydroxylation is 1. The number of carbonyl (C=O) groups is 1. The van der Waals surface area contributed by atoms with Crippen molar-refractivity contribution < 1.29 is 9.21 Å². The number of fused-ring (bicyclic) bond motifs is 1. The highest BCUT2D eigenvalue weighted by Gasteiger charge is 2.12. The molecule has 0 atom stereocenters. The molecule has 0 spiro atoms. The molecule has 3 aromatic heterocycles. The molecule has 0 aliphatic carbocycles. The average Bonchev–Trinajstić information content (AvgIpc) is 3.05. The summed E-state index contributed by atoms with van der Waals surface area (Å²) in [7, 11) is 0. The number of amides is 1. The van der Waals surface area contributed by atoms with E-state index in [0.29, 0.717) is 12.2 Å². The zero-order valence-electron chi connectivity index (χ0n) is 9.71. The van der Waals surface area contributed by atoms with Crippen LogP contribution in [0.25, 0.3) is 4.96 Å². The molecule has 6 heteroatoms. The maximum Gasteiger partial charge on any atom is 0.271 e. The number of hydrogen-bond acceptors (Lipinski definition) is 4. The lowest BCUT2D eigenvalue weighted by atomic mass is 10.4. The minimum absolute atomic E-state index is 0.193. The molecule has 0 unspecified atom stereocenters. The van der Waals surface area contributed by atoms with Crippen molar-refractivity contribution >= 4 is 22.2 Å². The number of thiazole rings is 1. The summed E-state index contributed by atoms with van der Waals surface area (Å²) in [6, 6.07) is 3.60. The number of imidazole rings is 1. The van der Waals surface area contributed by atoms with Gasteiger partial charge >= 0.3 is 0 Å². The summed E-state index contributed by atoms with van der Waals surface area (Å²) in [6.07, 6.45) is 3.33. The van der Waals surface area contributed by atoms with E-state index in [2.05, 4.69) is 10.3 Å². The van der Waals surface area contributed by atoms with E-state index in [1.165, 1.54) is 11.3 Å². The third kappa shape index (κ3) is 1.91. The van der Waals surface area contributed by atoms with Crippen LogP contribution in [0, 0.1) is 6.92 Å². The van der Waals surface area contributed by atoms with Gasteiger partial charge in [-0.15, -0.1) is 11.3 Å². The Morgan fingerprint density at radius 3 is 3.22 bits per heavy atom. The molecule has 92 valence electrons. The molecule has 0 bridgehead atoms. The Bertz CT molecular complexity index is 681. The summed E-state index contributed by atoms with van der Waals surface area (Å²) >= 11 is 1.52. The van der Waals surface area contributed by atoms with Crippen molar-refractivity contribution in [3.63, 3.8) is 0 Å². The van der Waals surface area contributed by atoms with E-state index < -0.39 is 0 Å². The highest BCUT2D eigenvalue weighted by atomic mass is 32.1. The Kier molecular flexibility index (Phi) is 2.64. The molecule has 5 nitrogen and oxygen atoms in total. The minimum atomic E-state index is -0.193. The van der Waals surface area contributed by atoms with Crippen molar-refractivity contribution in [2.75, 3.05) is 0 Å². The zero-order valence-corrected chi connectivity index (χ0v) is 10.5. The van der Waals surface area contributed by atoms with Crippen LogP contribution in [0.3, 0.4) is 0 Å². The van der Waals surface area contributed by atoms with Crippen molar-refractivity contribution in [3.8, 4) is 0 Å². The second kappa shape index (κ2) is 4.30. The van der Waals surface area contributed by atoms with Gasteiger partial charge in [0.25, 0.3) is 5.91 Å². The fourth-order valence-corrected chi connectivity index (χ4v) is 2.53. The predicted molar refractivity (Wildman–Crippen MR) is 67.7 cm³/mol. The smallest absolute Gasteiger partial charge is 0.271 e. The lowest BCUT2D eigenvalue weighted by Gasteiger charge is -1.99. The fraction of sp³-hybridized carbons (Fsp3) is 0.167. The Hall–Kier alpha value is -2.08. The predicted octanol–water partition coefficient (Wildman–Crippen LogP) is 2.23. The highest BCUT2D eigenvalue weighted by molar-refractivity contribution is 7.15. The number of aromatic nitrogens is 2. The van der Waals surface area contributed by atoms with Crippen molar-refractivity contribution in [3.05, 3.63) is 47.1 Å². The Morgan fingerprint density at radius 2 is 2.50 bits per heavy atom. The lowest BCUT2D eigenvalue weighted by molar-refractivity contribution is 0.0943. The van der Waals surface area contributed by atoms with E-state index >= 15 is 0 Å². The number of rotatable bonds is 3. The summed E-state index contributed by atoms with van der Waals surface area (Å²) < 4.78 is 7.05. The van der Waals surface area contributed by atoms with Gasteiger partial charge in [-0.2, -0.15) is 0 Å². The molecule has 0 aliphatic heterocycles. The number of nitrogens with zero attached hydrogens (tertiary/aromatic N) is 2. The molecule has 3 heterocycles. The monoisotopic (exact) mass is 261 g/mol. The number of hydrogen-bond donors (Lipinski definition) is 1. The van der Waals surface area contributed by atoms with Gasteiger partial charge in [-0.3, -0.25) is 9.20 Å². The molecule has 0 saturated carbocycles. The first-order valence-electron chi connectivity index (χ1n) is 5.48. The van der Waals surface area contributed by atoms with E-state index in [1.54, 1.807) is 18.5 Å². The Labute approximate surface area is 107 Å². The van der Waals surface area contributed by atoms with Gasteiger partial charge in [-0.05, 0) is 19.1 Å². The van der Waals surface area contributed by atoms with E-state index in [1.807, 2.05) is 22.8 Å². The highest BCUT2D eigenvalue weighted by Crippen LogP contribution is 2.15. The van der Waals surface area contributed by atoms with Crippen LogP contribution in [0.4, 0.5) is 0 Å². The Balaban J connectivity index is 1.75. The van der Waals surface area contributed by atoms with Gasteiger partial charge in [0.05, 0.1) is 12.8 Å². The maximum absolute atomic E-state index is 11.9. The minimum Gasteiger partial charge on any atom is -0.467 e. The van der Waals surface area contributed by atoms with Gasteiger partial charge in [-0.1, -0.05) is 0 Å². The largest absolute Gasteiger partial charge is 0.467 e. The van der Waals surface area contributed by atoms with Crippen LogP contribution in [0.1, 0.15) is 21.9 Å². The van der Waals surface area contributed by atoms with Crippen molar-refractivity contribution in [2.24, 2.45) is 0 Å². The van der Waals surface area contributed by atoms with E-state index in [4.69, 9.17) is 4.42 Å². The molecule has 0 radical (unpaired) electrons. The van der Waals surface area contributed by atoms with Gasteiger partial charge in [0.2, 0.25) is 0 Å². The summed E-state index contributed by atoms with van der Waals surface area (Å²) in [4.78, 5) is 17.0. The summed E-state index contributed by atoms with van der Waals surface area (Å²) in [6.45, 7) is 2.35. The fourth-order valence-electron chi connectivity index (χ4n) is 1.67. The summed E-state index contributed by atoms with van der Waals surface area (Å²) in [5.41, 5.74) is 1.50. The van der Waals surface area contributed by atoms with Crippen LogP contribution in [-0.2, 0) is 6.54 Å². The third-order valence-corrected chi connectivity index (χ3v) is 3.58. The van der Waals surface area contributed by atoms with Gasteiger partial charge in [0.15, 0.2) is 4.96 Å². The van der Waals surface area contributed by atoms with Crippen LogP contribution in [-0.4, -0.2) is 15.3 Å². The van der Waals surface area contributed by atoms with E-state index in [9.17, 15) is 4.79 Å². The second-order valence-corrected chi connectivity index (χ2v) is 4.75. The van der Waals surface area contributed by atoms with Crippen LogP contribution in [0.2, 0.25) is 0 Å². The molecular weight excluding hydrogens is 250 g/mol. The SMILES string of the molecule is Cc1csc2nc(C(=O)NCc3ccco3)cn12. The first-order chi connectivity index (χ1) is 8.74. The first-order valence-corrected chi connectivity index (χ1v) is 6.36. The summed E-state index contributed by atoms with van der Waals surface area (Å²) in [5.74, 6) is 0.530. The van der Waals surface area contributed by atoms with Gasteiger partial charge in [0, 0.05) is 17.3 Å². The van der Waals surface area contributed by atoms with Crippen LogP contribution < -0.4 is 5.32 Å². The van der Waals surface area contributed by atoms with Crippen molar-refractivity contribution in [1.29, 1.82) is 0 Å². The maximum atomic E-state index is 11.9. The van der Waals surface area contributed by atoms with E-state index in [0.717, 1.165) is 16.4 Å². The first kappa shape index (κ1) is 11.0. The molecule has 3 aromatic rings. The topological polar surface area (TPSA) is 59.5 Å². The molecule has 3 rings (SSSR count). The molecule has 0 aliphatic rings. The summed E-state index contributed by atoms with van der Waals surface area (Å²) in [5, 5.41) is 4.77. The van der Waals surface area contributed by atoms with Crippen molar-refractivity contribution in [2.45, 2.75) is 13.5 Å². The van der Waals surface area contributed by atoms with Crippen molar-refractivity contribution in [1.82, 2.24) is 14.7 Å². The molecule has 1 amide bonds. The molecular formula is C12H11N3O2S. The molecule has 18 heavy (non-hydrogen) atoms. The van der Waals surface area contributed by atoms with E-state index in [-0.39, 0.29) is 5.91 Å². The van der Waals surface area contributed by atoms with Crippen LogP contribution in [0.15, 0.2) is 34.4 Å². The molecule has 0 saturated heterocycles. The van der Waals surface area contributed by atoms with Crippen LogP contribution in [0.5, 0.6) is 0 Å². The standard InChI is InChI=1S/C12H11N3O2S/c1-8-7-18-12-14-10(6-15(8)12)11(16)13-5-9-3-2-4-17-9/h2-4,6-7H,5H2,1H3,(H,13,16). The zero-order chi connectivity index (χ0) is 12.5. The molecule has 1 N–H and O–H groups in total. The number of nitrogens with one attached hydrogen (secondary N) is 1. The lowest BCUT2D eigenvalue weighted by Crippen LogP contribution is -2.22. The second-order valence-electron chi connectivity index (χ2n) is 3.92. The van der Waals surface area contributed by atoms with Crippen LogP contribution >= 0.6 is 11.3 Å². The quantitative estimate of drug-likeness (QED) is 0.786. The number of furan rings is 1. The van der Waals surface area contributed by atoms with Gasteiger partial charge < -0.3 is 9.73 Å².